The lowest BCUT2D eigenvalue weighted by molar-refractivity contribution is -0.120. The fourth-order valence-electron chi connectivity index (χ4n) is 2.78. The molecule has 0 aliphatic carbocycles. The number of hydrogen-bond donors (Lipinski definition) is 0. The maximum absolute atomic E-state index is 10.5. The van der Waals surface area contributed by atoms with Crippen molar-refractivity contribution in [3.63, 3.8) is 0 Å². The molecule has 0 atom stereocenters. The van der Waals surface area contributed by atoms with E-state index in [9.17, 15) is 4.79 Å². The van der Waals surface area contributed by atoms with Crippen LogP contribution in [0.2, 0.25) is 6.82 Å². The molecule has 0 unspecified atom stereocenters. The van der Waals surface area contributed by atoms with Crippen LogP contribution in [0.1, 0.15) is 16.7 Å². The average Bonchev–Trinajstić information content (AvgIpc) is 2.58. The molecular weight excluding hydrogens is 247 g/mol. The van der Waals surface area contributed by atoms with E-state index in [1.165, 1.54) is 27.6 Å². The third-order valence-corrected chi connectivity index (χ3v) is 3.86. The summed E-state index contributed by atoms with van der Waals surface area (Å²) in [6.07, 6.45) is 4.27. The van der Waals surface area contributed by atoms with Crippen LogP contribution in [0.4, 0.5) is 0 Å². The van der Waals surface area contributed by atoms with Crippen LogP contribution in [0, 0.1) is 6.92 Å². The number of hydrogen-bond acceptors (Lipinski definition) is 2. The summed E-state index contributed by atoms with van der Waals surface area (Å²) in [5.74, 6) is 0.593. The first-order chi connectivity index (χ1) is 9.69. The fraction of sp³-hybridized carbons (Fsp3) is 0.118. The van der Waals surface area contributed by atoms with Gasteiger partial charge in [-0.25, -0.2) is 0 Å². The van der Waals surface area contributed by atoms with E-state index in [1.807, 2.05) is 18.2 Å². The standard InChI is InChI=1S/C17H15BO2/c1-12-3-4-13-5-6-14-7-8-15(20-11-19)10-17(14)18(2)16(13)9-12/h3-11H,1-2H3. The highest BCUT2D eigenvalue weighted by atomic mass is 16.5. The van der Waals surface area contributed by atoms with Crippen LogP contribution in [-0.4, -0.2) is 13.2 Å². The summed E-state index contributed by atoms with van der Waals surface area (Å²) < 4.78 is 4.97. The van der Waals surface area contributed by atoms with E-state index in [0.717, 1.165) is 0 Å². The maximum atomic E-state index is 10.5. The minimum atomic E-state index is 0.269. The summed E-state index contributed by atoms with van der Waals surface area (Å²) in [4.78, 5) is 10.5. The lowest BCUT2D eigenvalue weighted by Gasteiger charge is -2.14. The third kappa shape index (κ3) is 2.16. The summed E-state index contributed by atoms with van der Waals surface area (Å²) in [6.45, 7) is 5.03. The normalized spacial score (nSPS) is 12.4. The summed E-state index contributed by atoms with van der Waals surface area (Å²) in [6, 6.07) is 12.3. The van der Waals surface area contributed by atoms with Crippen LogP contribution in [-0.2, 0) is 4.79 Å². The number of aryl methyl sites for hydroxylation is 1. The molecular formula is C17H15BO2. The molecule has 1 aliphatic rings. The zero-order valence-corrected chi connectivity index (χ0v) is 11.6. The molecule has 0 fully saturated rings. The molecule has 0 bridgehead atoms. The third-order valence-electron chi connectivity index (χ3n) is 3.86. The van der Waals surface area contributed by atoms with Gasteiger partial charge in [0.2, 0.25) is 6.71 Å². The first-order valence-electron chi connectivity index (χ1n) is 6.72. The van der Waals surface area contributed by atoms with Gasteiger partial charge < -0.3 is 4.74 Å². The molecule has 0 aromatic heterocycles. The van der Waals surface area contributed by atoms with E-state index >= 15 is 0 Å². The van der Waals surface area contributed by atoms with Crippen molar-refractivity contribution in [3.8, 4) is 5.75 Å². The molecule has 2 aromatic carbocycles. The van der Waals surface area contributed by atoms with Gasteiger partial charge in [0.15, 0.2) is 0 Å². The van der Waals surface area contributed by atoms with E-state index in [4.69, 9.17) is 4.74 Å². The highest BCUT2D eigenvalue weighted by molar-refractivity contribution is 6.85. The molecule has 0 saturated heterocycles. The summed E-state index contributed by atoms with van der Waals surface area (Å²) >= 11 is 0. The highest BCUT2D eigenvalue weighted by Crippen LogP contribution is 2.17. The number of rotatable bonds is 2. The number of carbonyl (C=O) groups is 1. The van der Waals surface area contributed by atoms with Gasteiger partial charge in [0.1, 0.15) is 5.75 Å². The molecule has 1 heterocycles. The van der Waals surface area contributed by atoms with E-state index in [-0.39, 0.29) is 6.71 Å². The van der Waals surface area contributed by atoms with Crippen molar-refractivity contribution in [1.29, 1.82) is 0 Å². The van der Waals surface area contributed by atoms with Gasteiger partial charge in [0.05, 0.1) is 0 Å². The summed E-state index contributed by atoms with van der Waals surface area (Å²) in [7, 11) is 0. The second-order valence-corrected chi connectivity index (χ2v) is 5.19. The molecule has 3 rings (SSSR count). The monoisotopic (exact) mass is 262 g/mol. The fourth-order valence-corrected chi connectivity index (χ4v) is 2.78. The van der Waals surface area contributed by atoms with Crippen molar-refractivity contribution in [3.05, 3.63) is 53.1 Å². The lowest BCUT2D eigenvalue weighted by Crippen LogP contribution is -2.41. The van der Waals surface area contributed by atoms with Gasteiger partial charge in [0.25, 0.3) is 6.47 Å². The Labute approximate surface area is 119 Å². The van der Waals surface area contributed by atoms with Crippen molar-refractivity contribution in [2.45, 2.75) is 13.7 Å². The Morgan fingerprint density at radius 3 is 2.35 bits per heavy atom. The second-order valence-electron chi connectivity index (χ2n) is 5.19. The molecule has 3 heteroatoms. The van der Waals surface area contributed by atoms with Gasteiger partial charge in [-0.15, -0.1) is 0 Å². The Hall–Kier alpha value is -2.29. The van der Waals surface area contributed by atoms with Crippen molar-refractivity contribution in [2.75, 3.05) is 0 Å². The molecule has 1 aliphatic heterocycles. The van der Waals surface area contributed by atoms with Crippen LogP contribution in [0.15, 0.2) is 36.4 Å². The van der Waals surface area contributed by atoms with Crippen molar-refractivity contribution >= 4 is 36.3 Å². The van der Waals surface area contributed by atoms with E-state index in [2.05, 4.69) is 44.1 Å². The van der Waals surface area contributed by atoms with Gasteiger partial charge in [-0.05, 0) is 30.2 Å². The van der Waals surface area contributed by atoms with E-state index in [0.29, 0.717) is 12.2 Å². The van der Waals surface area contributed by atoms with E-state index in [1.54, 1.807) is 0 Å². The van der Waals surface area contributed by atoms with E-state index < -0.39 is 0 Å². The van der Waals surface area contributed by atoms with Gasteiger partial charge in [-0.3, -0.25) is 4.79 Å². The number of fused-ring (bicyclic) bond motifs is 2. The minimum Gasteiger partial charge on any atom is -0.429 e. The predicted molar refractivity (Wildman–Crippen MR) is 84.1 cm³/mol. The van der Waals surface area contributed by atoms with Gasteiger partial charge in [0, 0.05) is 0 Å². The Morgan fingerprint density at radius 2 is 1.65 bits per heavy atom. The molecule has 0 amide bonds. The molecule has 2 nitrogen and oxygen atoms in total. The Kier molecular flexibility index (Phi) is 3.19. The van der Waals surface area contributed by atoms with Crippen molar-refractivity contribution < 1.29 is 9.53 Å². The zero-order chi connectivity index (χ0) is 14.1. The average molecular weight is 262 g/mol. The SMILES string of the molecule is CB1c2cc(C)ccc2C=Cc2ccc(OC=O)cc21. The summed E-state index contributed by atoms with van der Waals surface area (Å²) in [5, 5.41) is 0. The predicted octanol–water partition coefficient (Wildman–Crippen LogP) is 2.25. The van der Waals surface area contributed by atoms with Gasteiger partial charge >= 0.3 is 0 Å². The van der Waals surface area contributed by atoms with Crippen molar-refractivity contribution in [1.82, 2.24) is 0 Å². The molecule has 0 saturated carbocycles. The zero-order valence-electron chi connectivity index (χ0n) is 11.6. The largest absolute Gasteiger partial charge is 0.429 e. The van der Waals surface area contributed by atoms with Crippen LogP contribution < -0.4 is 15.7 Å². The van der Waals surface area contributed by atoms with Crippen molar-refractivity contribution in [2.24, 2.45) is 0 Å². The first kappa shape index (κ1) is 12.7. The Balaban J connectivity index is 2.16. The van der Waals surface area contributed by atoms with Gasteiger partial charge in [-0.2, -0.15) is 0 Å². The maximum Gasteiger partial charge on any atom is 0.298 e. The minimum absolute atomic E-state index is 0.269. The second kappa shape index (κ2) is 5.01. The van der Waals surface area contributed by atoms with Crippen LogP contribution in [0.3, 0.4) is 0 Å². The first-order valence-corrected chi connectivity index (χ1v) is 6.72. The lowest BCUT2D eigenvalue weighted by atomic mass is 9.41. The molecule has 0 spiro atoms. The number of carbonyl (C=O) groups excluding carboxylic acids is 1. The summed E-state index contributed by atoms with van der Waals surface area (Å²) in [5.41, 5.74) is 6.17. The molecule has 98 valence electrons. The smallest absolute Gasteiger partial charge is 0.298 e. The van der Waals surface area contributed by atoms with Crippen LogP contribution in [0.5, 0.6) is 5.75 Å². The molecule has 2 aromatic rings. The topological polar surface area (TPSA) is 26.3 Å². The van der Waals surface area contributed by atoms with Crippen LogP contribution in [0.25, 0.3) is 12.2 Å². The van der Waals surface area contributed by atoms with Gasteiger partial charge in [-0.1, -0.05) is 59.7 Å². The Morgan fingerprint density at radius 1 is 1.00 bits per heavy atom. The molecule has 0 N–H and O–H groups in total. The number of ether oxygens (including phenoxy) is 1. The van der Waals surface area contributed by atoms with Crippen LogP contribution >= 0.6 is 0 Å². The number of benzene rings is 2. The highest BCUT2D eigenvalue weighted by Gasteiger charge is 2.21. The quantitative estimate of drug-likeness (QED) is 0.613. The Bertz CT molecular complexity index is 704. The molecule has 0 radical (unpaired) electrons. The molecule has 20 heavy (non-hydrogen) atoms.